The lowest BCUT2D eigenvalue weighted by atomic mass is 9.94. The van der Waals surface area contributed by atoms with Gasteiger partial charge in [-0.2, -0.15) is 0 Å². The van der Waals surface area contributed by atoms with E-state index in [1.807, 2.05) is 0 Å². The summed E-state index contributed by atoms with van der Waals surface area (Å²) in [6.07, 6.45) is -0.344. The van der Waals surface area contributed by atoms with E-state index in [1.165, 1.54) is 0 Å². The van der Waals surface area contributed by atoms with Crippen LogP contribution in [0.3, 0.4) is 0 Å². The molecule has 0 aliphatic carbocycles. The Morgan fingerprint density at radius 3 is 2.37 bits per heavy atom. The third-order valence-corrected chi connectivity index (χ3v) is 2.44. The lowest BCUT2D eigenvalue weighted by Gasteiger charge is -2.24. The first kappa shape index (κ1) is 15.0. The maximum absolute atomic E-state index is 12.1. The third kappa shape index (κ3) is 4.62. The summed E-state index contributed by atoms with van der Waals surface area (Å²) in [6, 6.07) is 6.72. The predicted octanol–water partition coefficient (Wildman–Crippen LogP) is 2.17. The first-order valence-electron chi connectivity index (χ1n) is 6.00. The lowest BCUT2D eigenvalue weighted by molar-refractivity contribution is -0.159. The van der Waals surface area contributed by atoms with Crippen LogP contribution in [-0.4, -0.2) is 22.6 Å². The van der Waals surface area contributed by atoms with E-state index >= 15 is 0 Å². The smallest absolute Gasteiger partial charge is 0.314 e. The maximum Gasteiger partial charge on any atom is 0.314 e. The van der Waals surface area contributed by atoms with Crippen LogP contribution in [0.4, 0.5) is 5.69 Å². The van der Waals surface area contributed by atoms with Gasteiger partial charge in [-0.1, -0.05) is 18.2 Å². The van der Waals surface area contributed by atoms with E-state index in [2.05, 4.69) is 0 Å². The molecule has 5 heteroatoms. The number of hydrogen-bond donors (Lipinski definition) is 2. The zero-order chi connectivity index (χ0) is 14.6. The van der Waals surface area contributed by atoms with E-state index in [0.717, 1.165) is 0 Å². The number of rotatable bonds is 4. The van der Waals surface area contributed by atoms with Crippen molar-refractivity contribution >= 4 is 17.6 Å². The molecule has 0 aliphatic heterocycles. The molecule has 3 N–H and O–H groups in total. The molecule has 0 aliphatic rings. The van der Waals surface area contributed by atoms with Crippen LogP contribution in [0.1, 0.15) is 38.7 Å². The topological polar surface area (TPSA) is 89.6 Å². The van der Waals surface area contributed by atoms with Crippen molar-refractivity contribution in [3.8, 4) is 0 Å². The Bertz CT molecular complexity index is 477. The van der Waals surface area contributed by atoms with Crippen molar-refractivity contribution in [2.45, 2.75) is 38.7 Å². The van der Waals surface area contributed by atoms with Gasteiger partial charge in [0.1, 0.15) is 5.60 Å². The second kappa shape index (κ2) is 5.73. The van der Waals surface area contributed by atoms with Crippen molar-refractivity contribution in [1.29, 1.82) is 0 Å². The molecule has 1 unspecified atom stereocenters. The Hall–Kier alpha value is -2.04. The molecular weight excluding hydrogens is 246 g/mol. The van der Waals surface area contributed by atoms with Crippen molar-refractivity contribution in [2.24, 2.45) is 0 Å². The fraction of sp³-hybridized carbons (Fsp3) is 0.429. The first-order valence-corrected chi connectivity index (χ1v) is 6.00. The molecule has 0 saturated heterocycles. The average molecular weight is 265 g/mol. The third-order valence-electron chi connectivity index (χ3n) is 2.44. The number of benzene rings is 1. The standard InChI is InChI=1S/C14H19NO4/c1-14(2,3)19-13(18)10(8-12(16)17)9-6-4-5-7-11(9)15/h4-7,10H,8,15H2,1-3H3,(H,16,17). The molecule has 1 atom stereocenters. The molecule has 5 nitrogen and oxygen atoms in total. The molecule has 0 fully saturated rings. The molecule has 0 spiro atoms. The van der Waals surface area contributed by atoms with Crippen LogP contribution in [0.5, 0.6) is 0 Å². The fourth-order valence-corrected chi connectivity index (χ4v) is 1.70. The van der Waals surface area contributed by atoms with Crippen LogP contribution >= 0.6 is 0 Å². The van der Waals surface area contributed by atoms with Gasteiger partial charge in [0.15, 0.2) is 0 Å². The van der Waals surface area contributed by atoms with Crippen LogP contribution in [-0.2, 0) is 14.3 Å². The molecule has 104 valence electrons. The van der Waals surface area contributed by atoms with Crippen molar-refractivity contribution < 1.29 is 19.4 Å². The number of carbonyl (C=O) groups is 2. The number of ether oxygens (including phenoxy) is 1. The van der Waals surface area contributed by atoms with Crippen molar-refractivity contribution in [3.63, 3.8) is 0 Å². The second-order valence-corrected chi connectivity index (χ2v) is 5.31. The fourth-order valence-electron chi connectivity index (χ4n) is 1.70. The van der Waals surface area contributed by atoms with Crippen molar-refractivity contribution in [2.75, 3.05) is 5.73 Å². The van der Waals surface area contributed by atoms with Gasteiger partial charge in [-0.3, -0.25) is 9.59 Å². The van der Waals surface area contributed by atoms with Crippen LogP contribution in [0.25, 0.3) is 0 Å². The number of aliphatic carboxylic acids is 1. The highest BCUT2D eigenvalue weighted by Crippen LogP contribution is 2.28. The Kier molecular flexibility index (Phi) is 4.53. The van der Waals surface area contributed by atoms with E-state index in [1.54, 1.807) is 45.0 Å². The minimum absolute atomic E-state index is 0.344. The van der Waals surface area contributed by atoms with Crippen molar-refractivity contribution in [1.82, 2.24) is 0 Å². The van der Waals surface area contributed by atoms with Crippen LogP contribution in [0.2, 0.25) is 0 Å². The lowest BCUT2D eigenvalue weighted by Crippen LogP contribution is -2.29. The number of nitrogens with two attached hydrogens (primary N) is 1. The molecule has 19 heavy (non-hydrogen) atoms. The van der Waals surface area contributed by atoms with E-state index in [-0.39, 0.29) is 6.42 Å². The van der Waals surface area contributed by atoms with Gasteiger partial charge >= 0.3 is 11.9 Å². The number of anilines is 1. The van der Waals surface area contributed by atoms with Gasteiger partial charge in [0.05, 0.1) is 12.3 Å². The summed E-state index contributed by atoms with van der Waals surface area (Å²) in [5, 5.41) is 8.93. The average Bonchev–Trinajstić information content (AvgIpc) is 2.24. The summed E-state index contributed by atoms with van der Waals surface area (Å²) in [4.78, 5) is 23.0. The SMILES string of the molecule is CC(C)(C)OC(=O)C(CC(=O)O)c1ccccc1N. The van der Waals surface area contributed by atoms with Gasteiger partial charge in [0.25, 0.3) is 0 Å². The van der Waals surface area contributed by atoms with E-state index in [0.29, 0.717) is 11.3 Å². The Morgan fingerprint density at radius 2 is 1.89 bits per heavy atom. The highest BCUT2D eigenvalue weighted by atomic mass is 16.6. The Morgan fingerprint density at radius 1 is 1.32 bits per heavy atom. The molecule has 0 heterocycles. The van der Waals surface area contributed by atoms with Gasteiger partial charge < -0.3 is 15.6 Å². The molecule has 0 aromatic heterocycles. The Balaban J connectivity index is 3.05. The number of esters is 1. The molecule has 0 amide bonds. The van der Waals surface area contributed by atoms with Gasteiger partial charge in [-0.25, -0.2) is 0 Å². The minimum atomic E-state index is -1.07. The van der Waals surface area contributed by atoms with E-state index < -0.39 is 23.5 Å². The number of hydrogen-bond acceptors (Lipinski definition) is 4. The number of nitrogen functional groups attached to an aromatic ring is 1. The van der Waals surface area contributed by atoms with E-state index in [4.69, 9.17) is 15.6 Å². The number of carbonyl (C=O) groups excluding carboxylic acids is 1. The molecular formula is C14H19NO4. The summed E-state index contributed by atoms with van der Waals surface area (Å²) in [6.45, 7) is 5.20. The zero-order valence-electron chi connectivity index (χ0n) is 11.3. The zero-order valence-corrected chi connectivity index (χ0v) is 11.3. The highest BCUT2D eigenvalue weighted by molar-refractivity contribution is 5.85. The normalized spacial score (nSPS) is 12.8. The van der Waals surface area contributed by atoms with Crippen LogP contribution in [0.15, 0.2) is 24.3 Å². The van der Waals surface area contributed by atoms with E-state index in [9.17, 15) is 9.59 Å². The molecule has 0 radical (unpaired) electrons. The molecule has 0 bridgehead atoms. The summed E-state index contributed by atoms with van der Waals surface area (Å²) < 4.78 is 5.25. The van der Waals surface area contributed by atoms with Gasteiger partial charge in [-0.05, 0) is 32.4 Å². The number of para-hydroxylation sites is 1. The summed E-state index contributed by atoms with van der Waals surface area (Å²) in [7, 11) is 0. The van der Waals surface area contributed by atoms with Gasteiger partial charge in [-0.15, -0.1) is 0 Å². The summed E-state index contributed by atoms with van der Waals surface area (Å²) in [5.74, 6) is -2.54. The number of carboxylic acid groups (broad SMARTS) is 1. The molecule has 1 rings (SSSR count). The quantitative estimate of drug-likeness (QED) is 0.643. The number of carboxylic acids is 1. The maximum atomic E-state index is 12.1. The second-order valence-electron chi connectivity index (χ2n) is 5.31. The van der Waals surface area contributed by atoms with Crippen LogP contribution in [0, 0.1) is 0 Å². The highest BCUT2D eigenvalue weighted by Gasteiger charge is 2.29. The molecule has 1 aromatic rings. The summed E-state index contributed by atoms with van der Waals surface area (Å²) in [5.41, 5.74) is 6.00. The van der Waals surface area contributed by atoms with Gasteiger partial charge in [0, 0.05) is 5.69 Å². The summed E-state index contributed by atoms with van der Waals surface area (Å²) >= 11 is 0. The Labute approximate surface area is 112 Å². The van der Waals surface area contributed by atoms with Crippen molar-refractivity contribution in [3.05, 3.63) is 29.8 Å². The molecule has 0 saturated carbocycles. The largest absolute Gasteiger partial charge is 0.481 e. The van der Waals surface area contributed by atoms with Gasteiger partial charge in [0.2, 0.25) is 0 Å². The minimum Gasteiger partial charge on any atom is -0.481 e. The first-order chi connectivity index (χ1) is 8.70. The van der Waals surface area contributed by atoms with Crippen LogP contribution < -0.4 is 5.73 Å². The molecule has 1 aromatic carbocycles. The predicted molar refractivity (Wildman–Crippen MR) is 71.7 cm³/mol. The monoisotopic (exact) mass is 265 g/mol.